The molecule has 0 heterocycles. The van der Waals surface area contributed by atoms with Crippen molar-refractivity contribution in [3.63, 3.8) is 0 Å². The van der Waals surface area contributed by atoms with Crippen molar-refractivity contribution < 1.29 is 22.3 Å². The maximum absolute atomic E-state index is 8.74. The lowest BCUT2D eigenvalue weighted by Crippen LogP contribution is -2.23. The van der Waals surface area contributed by atoms with Crippen molar-refractivity contribution in [3.8, 4) is 5.75 Å². The number of nitrogens with two attached hydrogens (primary N) is 2. The van der Waals surface area contributed by atoms with E-state index in [1.54, 1.807) is 24.3 Å². The number of hydrogen-bond donors (Lipinski definition) is 4. The molecule has 0 fully saturated rings. The highest BCUT2D eigenvalue weighted by molar-refractivity contribution is 7.79. The van der Waals surface area contributed by atoms with Crippen LogP contribution in [0.25, 0.3) is 0 Å². The molecule has 19 heavy (non-hydrogen) atoms. The molecule has 1 aromatic carbocycles. The van der Waals surface area contributed by atoms with Crippen LogP contribution in [0, 0.1) is 0 Å². The van der Waals surface area contributed by atoms with Crippen LogP contribution in [0.4, 0.5) is 0 Å². The Hall–Kier alpha value is -1.55. The Morgan fingerprint density at radius 1 is 1.26 bits per heavy atom. The quantitative estimate of drug-likeness (QED) is 0.271. The molecule has 6 N–H and O–H groups in total. The van der Waals surface area contributed by atoms with Crippen molar-refractivity contribution in [2.45, 2.75) is 0 Å². The number of benzene rings is 1. The van der Waals surface area contributed by atoms with Gasteiger partial charge < -0.3 is 16.2 Å². The predicted octanol–water partition coefficient (Wildman–Crippen LogP) is 0.339. The lowest BCUT2D eigenvalue weighted by atomic mass is 10.3. The highest BCUT2D eigenvalue weighted by Crippen LogP contribution is 2.15. The van der Waals surface area contributed by atoms with E-state index in [9.17, 15) is 0 Å². The van der Waals surface area contributed by atoms with Crippen molar-refractivity contribution in [1.82, 2.24) is 0 Å². The molecular formula is C9H14ClN3O5S. The first-order valence-electron chi connectivity index (χ1n) is 4.82. The van der Waals surface area contributed by atoms with Crippen LogP contribution in [0.15, 0.2) is 29.3 Å². The minimum Gasteiger partial charge on any atom is -0.492 e. The molecule has 0 unspecified atom stereocenters. The van der Waals surface area contributed by atoms with E-state index in [1.807, 2.05) is 0 Å². The van der Waals surface area contributed by atoms with Crippen molar-refractivity contribution in [3.05, 3.63) is 29.3 Å². The molecule has 0 amide bonds. The zero-order valence-electron chi connectivity index (χ0n) is 9.73. The van der Waals surface area contributed by atoms with Crippen LogP contribution in [0.3, 0.4) is 0 Å². The third-order valence-electron chi connectivity index (χ3n) is 1.47. The summed E-state index contributed by atoms with van der Waals surface area (Å²) in [5, 5.41) is 0.682. The lowest BCUT2D eigenvalue weighted by molar-refractivity contribution is 0.328. The molecule has 1 rings (SSSR count). The second-order valence-electron chi connectivity index (χ2n) is 3.06. The monoisotopic (exact) mass is 311 g/mol. The normalized spacial score (nSPS) is 10.1. The first-order chi connectivity index (χ1) is 8.68. The summed E-state index contributed by atoms with van der Waals surface area (Å²) in [5.74, 6) is 0.824. The number of halogens is 1. The van der Waals surface area contributed by atoms with Gasteiger partial charge in [0, 0.05) is 5.02 Å². The molecule has 0 aliphatic carbocycles. The zero-order valence-corrected chi connectivity index (χ0v) is 11.3. The number of ether oxygens (including phenoxy) is 1. The molecule has 0 saturated carbocycles. The van der Waals surface area contributed by atoms with Crippen molar-refractivity contribution in [2.24, 2.45) is 16.5 Å². The molecule has 0 spiro atoms. The van der Waals surface area contributed by atoms with Crippen LogP contribution in [-0.2, 0) is 10.4 Å². The Morgan fingerprint density at radius 3 is 2.16 bits per heavy atom. The van der Waals surface area contributed by atoms with Gasteiger partial charge in [0.05, 0.1) is 6.54 Å². The zero-order chi connectivity index (χ0) is 14.9. The molecule has 0 bridgehead atoms. The van der Waals surface area contributed by atoms with E-state index in [4.69, 9.17) is 45.3 Å². The average molecular weight is 312 g/mol. The second kappa shape index (κ2) is 8.53. The fourth-order valence-corrected chi connectivity index (χ4v) is 0.995. The number of guanidine groups is 1. The number of nitrogens with zero attached hydrogens (tertiary/aromatic N) is 1. The summed E-state index contributed by atoms with van der Waals surface area (Å²) in [6.07, 6.45) is 0. The Morgan fingerprint density at radius 2 is 1.74 bits per heavy atom. The van der Waals surface area contributed by atoms with Gasteiger partial charge in [-0.05, 0) is 24.3 Å². The minimum atomic E-state index is -4.67. The molecule has 0 atom stereocenters. The van der Waals surface area contributed by atoms with Crippen molar-refractivity contribution in [1.29, 1.82) is 0 Å². The topological polar surface area (TPSA) is 148 Å². The summed E-state index contributed by atoms with van der Waals surface area (Å²) in [5.41, 5.74) is 10.3. The van der Waals surface area contributed by atoms with Gasteiger partial charge in [-0.3, -0.25) is 14.1 Å². The minimum absolute atomic E-state index is 0.0738. The van der Waals surface area contributed by atoms with Gasteiger partial charge in [-0.15, -0.1) is 0 Å². The molecule has 0 aromatic heterocycles. The van der Waals surface area contributed by atoms with Crippen molar-refractivity contribution >= 4 is 28.0 Å². The first-order valence-corrected chi connectivity index (χ1v) is 6.59. The Kier molecular flexibility index (Phi) is 7.84. The predicted molar refractivity (Wildman–Crippen MR) is 71.8 cm³/mol. The van der Waals surface area contributed by atoms with Gasteiger partial charge in [-0.1, -0.05) is 11.6 Å². The molecule has 8 nitrogen and oxygen atoms in total. The molecule has 1 aromatic rings. The number of aliphatic imine (C=N–C) groups is 1. The molecule has 108 valence electrons. The Labute approximate surface area is 115 Å². The molecule has 0 aliphatic heterocycles. The maximum Gasteiger partial charge on any atom is 0.394 e. The van der Waals surface area contributed by atoms with E-state index < -0.39 is 10.4 Å². The number of hydrogen-bond acceptors (Lipinski definition) is 4. The van der Waals surface area contributed by atoms with Crippen LogP contribution in [-0.4, -0.2) is 36.6 Å². The van der Waals surface area contributed by atoms with E-state index in [1.165, 1.54) is 0 Å². The van der Waals surface area contributed by atoms with E-state index in [2.05, 4.69) is 4.99 Å². The smallest absolute Gasteiger partial charge is 0.394 e. The highest BCUT2D eigenvalue weighted by atomic mass is 35.5. The van der Waals surface area contributed by atoms with Gasteiger partial charge in [-0.2, -0.15) is 8.42 Å². The summed E-state index contributed by atoms with van der Waals surface area (Å²) in [6.45, 7) is 0.893. The Balaban J connectivity index is 0.000000555. The van der Waals surface area contributed by atoms with E-state index >= 15 is 0 Å². The summed E-state index contributed by atoms with van der Waals surface area (Å²) in [6, 6.07) is 7.10. The summed E-state index contributed by atoms with van der Waals surface area (Å²) in [7, 11) is -4.67. The number of rotatable bonds is 4. The largest absolute Gasteiger partial charge is 0.492 e. The van der Waals surface area contributed by atoms with Crippen LogP contribution in [0.5, 0.6) is 5.75 Å². The summed E-state index contributed by atoms with van der Waals surface area (Å²) < 4.78 is 36.9. The van der Waals surface area contributed by atoms with E-state index in [0.717, 1.165) is 5.75 Å². The van der Waals surface area contributed by atoms with Gasteiger partial charge in [-0.25, -0.2) is 0 Å². The van der Waals surface area contributed by atoms with Crippen LogP contribution in [0.2, 0.25) is 5.02 Å². The fourth-order valence-electron chi connectivity index (χ4n) is 0.869. The van der Waals surface area contributed by atoms with Crippen molar-refractivity contribution in [2.75, 3.05) is 13.2 Å². The SMILES string of the molecule is NC(N)=NCCOc1ccc(Cl)cc1.O=S(=O)(O)O. The fraction of sp³-hybridized carbons (Fsp3) is 0.222. The maximum atomic E-state index is 8.74. The molecule has 0 saturated heterocycles. The van der Waals surface area contributed by atoms with Gasteiger partial charge >= 0.3 is 10.4 Å². The first kappa shape index (κ1) is 17.4. The Bertz CT molecular complexity index is 491. The van der Waals surface area contributed by atoms with E-state index in [0.29, 0.717) is 18.2 Å². The third kappa shape index (κ3) is 14.4. The van der Waals surface area contributed by atoms with Crippen LogP contribution < -0.4 is 16.2 Å². The average Bonchev–Trinajstić information content (AvgIpc) is 2.24. The van der Waals surface area contributed by atoms with Gasteiger partial charge in [0.25, 0.3) is 0 Å². The molecule has 10 heteroatoms. The standard InChI is InChI=1S/C9H12ClN3O.H2O4S/c10-7-1-3-8(4-2-7)14-6-5-13-9(11)12;1-5(2,3)4/h1-4H,5-6H2,(H4,11,12,13);(H2,1,2,3,4). The van der Waals surface area contributed by atoms with E-state index in [-0.39, 0.29) is 5.96 Å². The molecule has 0 aliphatic rings. The third-order valence-corrected chi connectivity index (χ3v) is 1.72. The van der Waals surface area contributed by atoms with Crippen LogP contribution >= 0.6 is 11.6 Å². The highest BCUT2D eigenvalue weighted by Gasteiger charge is 1.92. The second-order valence-corrected chi connectivity index (χ2v) is 4.39. The molecule has 0 radical (unpaired) electrons. The van der Waals surface area contributed by atoms with Gasteiger partial charge in [0.15, 0.2) is 5.96 Å². The summed E-state index contributed by atoms with van der Waals surface area (Å²) in [4.78, 5) is 3.78. The van der Waals surface area contributed by atoms with Gasteiger partial charge in [0.2, 0.25) is 0 Å². The van der Waals surface area contributed by atoms with Gasteiger partial charge in [0.1, 0.15) is 12.4 Å². The molecular weight excluding hydrogens is 298 g/mol. The summed E-state index contributed by atoms with van der Waals surface area (Å²) >= 11 is 5.70. The lowest BCUT2D eigenvalue weighted by Gasteiger charge is -2.03. The van der Waals surface area contributed by atoms with Crippen LogP contribution in [0.1, 0.15) is 0 Å².